The van der Waals surface area contributed by atoms with Gasteiger partial charge in [0, 0.05) is 12.2 Å². The van der Waals surface area contributed by atoms with Crippen LogP contribution in [0.4, 0.5) is 10.1 Å². The zero-order chi connectivity index (χ0) is 16.9. The summed E-state index contributed by atoms with van der Waals surface area (Å²) in [6.45, 7) is 6.55. The van der Waals surface area contributed by atoms with Crippen molar-refractivity contribution in [3.8, 4) is 0 Å². The predicted octanol–water partition coefficient (Wildman–Crippen LogP) is 5.81. The molecule has 120 valence electrons. The Morgan fingerprint density at radius 1 is 1.04 bits per heavy atom. The van der Waals surface area contributed by atoms with Crippen molar-refractivity contribution in [3.05, 3.63) is 108 Å². The smallest absolute Gasteiger partial charge is 0.123 e. The van der Waals surface area contributed by atoms with Crippen LogP contribution in [0.2, 0.25) is 0 Å². The van der Waals surface area contributed by atoms with Crippen LogP contribution in [-0.4, -0.2) is 0 Å². The summed E-state index contributed by atoms with van der Waals surface area (Å²) in [6.07, 6.45) is 10.2. The van der Waals surface area contributed by atoms with E-state index in [-0.39, 0.29) is 5.82 Å². The number of halogens is 1. The van der Waals surface area contributed by atoms with Crippen molar-refractivity contribution < 1.29 is 4.39 Å². The van der Waals surface area contributed by atoms with Gasteiger partial charge in [0.15, 0.2) is 0 Å². The zero-order valence-corrected chi connectivity index (χ0v) is 13.7. The number of anilines is 1. The van der Waals surface area contributed by atoms with Gasteiger partial charge in [0.05, 0.1) is 0 Å². The van der Waals surface area contributed by atoms with E-state index in [0.717, 1.165) is 33.5 Å². The summed E-state index contributed by atoms with van der Waals surface area (Å²) in [5.74, 6) is -0.194. The molecule has 0 saturated carbocycles. The van der Waals surface area contributed by atoms with Crippen LogP contribution in [0.15, 0.2) is 85.0 Å². The highest BCUT2D eigenvalue weighted by Crippen LogP contribution is 2.23. The second-order valence-corrected chi connectivity index (χ2v) is 5.89. The molecule has 0 aromatic heterocycles. The van der Waals surface area contributed by atoms with Gasteiger partial charge in [0.25, 0.3) is 0 Å². The number of hydrogen-bond donors (Lipinski definition) is 1. The van der Waals surface area contributed by atoms with Crippen molar-refractivity contribution in [1.82, 2.24) is 0 Å². The maximum atomic E-state index is 13.2. The minimum Gasteiger partial charge on any atom is -0.381 e. The topological polar surface area (TPSA) is 12.0 Å². The average molecular weight is 317 g/mol. The molecule has 0 unspecified atom stereocenters. The first-order valence-electron chi connectivity index (χ1n) is 7.96. The van der Waals surface area contributed by atoms with Crippen molar-refractivity contribution in [2.24, 2.45) is 0 Å². The molecule has 2 aromatic rings. The lowest BCUT2D eigenvalue weighted by atomic mass is 10.0. The highest BCUT2D eigenvalue weighted by Gasteiger charge is 2.03. The standard InChI is InChI=1S/C22H20FN/c1-16-5-3-6-18(10-9-16)19-7-4-8-22(14-19)24-15-20-11-12-21(23)13-17(20)2/h3-14,24H,1,15H2,2H3. The van der Waals surface area contributed by atoms with Crippen molar-refractivity contribution in [2.75, 3.05) is 5.32 Å². The van der Waals surface area contributed by atoms with E-state index in [4.69, 9.17) is 0 Å². The summed E-state index contributed by atoms with van der Waals surface area (Å²) < 4.78 is 13.2. The summed E-state index contributed by atoms with van der Waals surface area (Å²) >= 11 is 0. The van der Waals surface area contributed by atoms with Crippen molar-refractivity contribution in [3.63, 3.8) is 0 Å². The number of nitrogens with one attached hydrogen (secondary N) is 1. The average Bonchev–Trinajstić information content (AvgIpc) is 2.79. The normalized spacial score (nSPS) is 13.6. The molecular formula is C22H20FN. The molecule has 2 heteroatoms. The van der Waals surface area contributed by atoms with Gasteiger partial charge in [-0.1, -0.05) is 55.2 Å². The van der Waals surface area contributed by atoms with Crippen LogP contribution in [0, 0.1) is 12.7 Å². The molecule has 0 fully saturated rings. The van der Waals surface area contributed by atoms with Crippen LogP contribution in [-0.2, 0) is 6.54 Å². The van der Waals surface area contributed by atoms with Gasteiger partial charge in [-0.3, -0.25) is 0 Å². The summed E-state index contributed by atoms with van der Waals surface area (Å²) in [5.41, 5.74) is 6.36. The Morgan fingerprint density at radius 3 is 2.75 bits per heavy atom. The van der Waals surface area contributed by atoms with Crippen LogP contribution in [0.1, 0.15) is 16.7 Å². The molecular weight excluding hydrogens is 297 g/mol. The number of rotatable bonds is 4. The summed E-state index contributed by atoms with van der Waals surface area (Å²) in [5, 5.41) is 3.42. The molecule has 0 spiro atoms. The lowest BCUT2D eigenvalue weighted by molar-refractivity contribution is 0.625. The fourth-order valence-electron chi connectivity index (χ4n) is 2.64. The first-order valence-corrected chi connectivity index (χ1v) is 7.96. The first kappa shape index (κ1) is 16.0. The van der Waals surface area contributed by atoms with E-state index in [1.54, 1.807) is 6.07 Å². The van der Waals surface area contributed by atoms with Crippen LogP contribution >= 0.6 is 0 Å². The Kier molecular flexibility index (Phi) is 4.76. The Morgan fingerprint density at radius 2 is 1.92 bits per heavy atom. The van der Waals surface area contributed by atoms with E-state index < -0.39 is 0 Å². The van der Waals surface area contributed by atoms with Crippen LogP contribution in [0.3, 0.4) is 0 Å². The van der Waals surface area contributed by atoms with Gasteiger partial charge in [0.1, 0.15) is 5.82 Å². The van der Waals surface area contributed by atoms with E-state index in [1.807, 2.05) is 43.4 Å². The number of benzene rings is 2. The fraction of sp³-hybridized carbons (Fsp3) is 0.0909. The fourth-order valence-corrected chi connectivity index (χ4v) is 2.64. The second kappa shape index (κ2) is 7.14. The molecule has 0 bridgehead atoms. The highest BCUT2D eigenvalue weighted by molar-refractivity contribution is 5.78. The molecule has 0 radical (unpaired) electrons. The summed E-state index contributed by atoms with van der Waals surface area (Å²) in [7, 11) is 0. The lowest BCUT2D eigenvalue weighted by Gasteiger charge is -2.11. The van der Waals surface area contributed by atoms with Crippen molar-refractivity contribution in [1.29, 1.82) is 0 Å². The van der Waals surface area contributed by atoms with Gasteiger partial charge >= 0.3 is 0 Å². The van der Waals surface area contributed by atoms with E-state index in [0.29, 0.717) is 6.54 Å². The molecule has 1 nitrogen and oxygen atoms in total. The maximum absolute atomic E-state index is 13.2. The summed E-state index contributed by atoms with van der Waals surface area (Å²) in [6, 6.07) is 13.2. The maximum Gasteiger partial charge on any atom is 0.123 e. The van der Waals surface area contributed by atoms with E-state index in [2.05, 4.69) is 36.2 Å². The van der Waals surface area contributed by atoms with Crippen molar-refractivity contribution in [2.45, 2.75) is 13.5 Å². The van der Waals surface area contributed by atoms with Crippen LogP contribution in [0.5, 0.6) is 0 Å². The van der Waals surface area contributed by atoms with Gasteiger partial charge in [0.2, 0.25) is 0 Å². The molecule has 0 atom stereocenters. The number of hydrogen-bond acceptors (Lipinski definition) is 1. The Hall–Kier alpha value is -2.87. The third kappa shape index (κ3) is 3.90. The quantitative estimate of drug-likeness (QED) is 0.750. The second-order valence-electron chi connectivity index (χ2n) is 5.89. The SMILES string of the molecule is C=C1C=CC=C(c2cccc(NCc3ccc(F)cc3C)c2)C=C1. The number of allylic oxidation sites excluding steroid dienone is 7. The molecule has 2 aromatic carbocycles. The minimum atomic E-state index is -0.194. The van der Waals surface area contributed by atoms with Gasteiger partial charge < -0.3 is 5.32 Å². The third-order valence-corrected chi connectivity index (χ3v) is 4.05. The van der Waals surface area contributed by atoms with Gasteiger partial charge in [-0.25, -0.2) is 4.39 Å². The van der Waals surface area contributed by atoms with Crippen LogP contribution in [0.25, 0.3) is 5.57 Å². The monoisotopic (exact) mass is 317 g/mol. The molecule has 3 rings (SSSR count). The lowest BCUT2D eigenvalue weighted by Crippen LogP contribution is -2.02. The Labute approximate surface area is 142 Å². The molecule has 1 N–H and O–H groups in total. The number of aryl methyl sites for hydroxylation is 1. The van der Waals surface area contributed by atoms with Crippen LogP contribution < -0.4 is 5.32 Å². The molecule has 0 aliphatic heterocycles. The molecule has 24 heavy (non-hydrogen) atoms. The summed E-state index contributed by atoms with van der Waals surface area (Å²) in [4.78, 5) is 0. The van der Waals surface area contributed by atoms with E-state index in [9.17, 15) is 4.39 Å². The largest absolute Gasteiger partial charge is 0.381 e. The molecule has 0 heterocycles. The zero-order valence-electron chi connectivity index (χ0n) is 13.7. The minimum absolute atomic E-state index is 0.194. The van der Waals surface area contributed by atoms with Gasteiger partial charge in [-0.2, -0.15) is 0 Å². The Bertz CT molecular complexity index is 856. The van der Waals surface area contributed by atoms with Gasteiger partial charge in [-0.05, 0) is 59.0 Å². The van der Waals surface area contributed by atoms with E-state index in [1.165, 1.54) is 6.07 Å². The van der Waals surface area contributed by atoms with Gasteiger partial charge in [-0.15, -0.1) is 0 Å². The Balaban J connectivity index is 1.76. The van der Waals surface area contributed by atoms with E-state index >= 15 is 0 Å². The molecule has 1 aliphatic rings. The third-order valence-electron chi connectivity index (χ3n) is 4.05. The highest BCUT2D eigenvalue weighted by atomic mass is 19.1. The molecule has 0 amide bonds. The molecule has 1 aliphatic carbocycles. The first-order chi connectivity index (χ1) is 11.6. The molecule has 0 saturated heterocycles. The predicted molar refractivity (Wildman–Crippen MR) is 100 cm³/mol. The van der Waals surface area contributed by atoms with Crippen molar-refractivity contribution >= 4 is 11.3 Å².